The molecule has 0 bridgehead atoms. The van der Waals surface area contributed by atoms with Crippen molar-refractivity contribution in [2.24, 2.45) is 5.41 Å². The molecule has 1 spiro atoms. The van der Waals surface area contributed by atoms with Gasteiger partial charge in [-0.25, -0.2) is 4.98 Å². The first-order valence-electron chi connectivity index (χ1n) is 11.8. The zero-order chi connectivity index (χ0) is 26.0. The minimum Gasteiger partial charge on any atom is -0.439 e. The molecule has 1 aromatic heterocycles. The van der Waals surface area contributed by atoms with Gasteiger partial charge in [-0.3, -0.25) is 9.59 Å². The summed E-state index contributed by atoms with van der Waals surface area (Å²) in [6.07, 6.45) is 2.25. The zero-order valence-electron chi connectivity index (χ0n) is 19.8. The highest BCUT2D eigenvalue weighted by molar-refractivity contribution is 6.33. The number of aryl methyl sites for hydroxylation is 1. The standard InChI is InChI=1S/C27H24Cl3N3O4/c28-19-4-8-22(30)18(11-19)3-9-24(34)32-23-13-33(14-27(23)15-36-16-27)26(35)17-1-6-21(7-2-17)37-25-10-5-20(29)12-31-25/h1-2,4-8,10-12,23H,3,9,13-16H2,(H,32,34). The van der Waals surface area contributed by atoms with E-state index < -0.39 is 0 Å². The summed E-state index contributed by atoms with van der Waals surface area (Å²) in [6.45, 7) is 1.94. The number of carbonyl (C=O) groups is 2. The number of nitrogens with zero attached hydrogens (tertiary/aromatic N) is 2. The third-order valence-corrected chi connectivity index (χ3v) is 7.53. The van der Waals surface area contributed by atoms with Crippen LogP contribution in [0.5, 0.6) is 11.6 Å². The van der Waals surface area contributed by atoms with E-state index in [-0.39, 0.29) is 29.7 Å². The van der Waals surface area contributed by atoms with Crippen molar-refractivity contribution in [3.63, 3.8) is 0 Å². The van der Waals surface area contributed by atoms with Crippen LogP contribution in [0.3, 0.4) is 0 Å². The molecule has 3 aromatic rings. The fraction of sp³-hybridized carbons (Fsp3) is 0.296. The molecule has 2 aliphatic heterocycles. The number of ether oxygens (including phenoxy) is 2. The lowest BCUT2D eigenvalue weighted by atomic mass is 9.81. The predicted octanol–water partition coefficient (Wildman–Crippen LogP) is 5.42. The number of rotatable bonds is 7. The molecule has 0 saturated carbocycles. The lowest BCUT2D eigenvalue weighted by Gasteiger charge is -2.42. The molecule has 0 aliphatic carbocycles. The van der Waals surface area contributed by atoms with Gasteiger partial charge in [-0.2, -0.15) is 0 Å². The summed E-state index contributed by atoms with van der Waals surface area (Å²) < 4.78 is 11.2. The Hall–Kier alpha value is -2.84. The van der Waals surface area contributed by atoms with Gasteiger partial charge in [0.25, 0.3) is 5.91 Å². The molecule has 10 heteroatoms. The molecule has 37 heavy (non-hydrogen) atoms. The maximum atomic E-state index is 13.3. The lowest BCUT2D eigenvalue weighted by Crippen LogP contribution is -2.57. The molecule has 1 atom stereocenters. The topological polar surface area (TPSA) is 80.8 Å². The maximum absolute atomic E-state index is 13.3. The second-order valence-electron chi connectivity index (χ2n) is 9.34. The molecule has 7 nitrogen and oxygen atoms in total. The molecule has 5 rings (SSSR count). The molecule has 2 aliphatic rings. The zero-order valence-corrected chi connectivity index (χ0v) is 22.0. The number of carbonyl (C=O) groups excluding carboxylic acids is 2. The average Bonchev–Trinajstić information content (AvgIpc) is 3.26. The minimum atomic E-state index is -0.275. The van der Waals surface area contributed by atoms with Crippen LogP contribution in [0.2, 0.25) is 15.1 Å². The Kier molecular flexibility index (Phi) is 7.58. The summed E-state index contributed by atoms with van der Waals surface area (Å²) in [6, 6.07) is 15.3. The van der Waals surface area contributed by atoms with Gasteiger partial charge >= 0.3 is 0 Å². The Bertz CT molecular complexity index is 1300. The normalized spacial score (nSPS) is 17.9. The van der Waals surface area contributed by atoms with Gasteiger partial charge in [0.05, 0.1) is 29.7 Å². The van der Waals surface area contributed by atoms with Crippen LogP contribution in [0.25, 0.3) is 0 Å². The van der Waals surface area contributed by atoms with Gasteiger partial charge in [0.1, 0.15) is 5.75 Å². The molecule has 1 unspecified atom stereocenters. The van der Waals surface area contributed by atoms with Gasteiger partial charge in [-0.1, -0.05) is 34.8 Å². The molecule has 192 valence electrons. The van der Waals surface area contributed by atoms with Crippen molar-refractivity contribution in [2.45, 2.75) is 18.9 Å². The van der Waals surface area contributed by atoms with Crippen molar-refractivity contribution in [3.8, 4) is 11.6 Å². The average molecular weight is 561 g/mol. The van der Waals surface area contributed by atoms with E-state index in [1.54, 1.807) is 59.5 Å². The number of pyridine rings is 1. The van der Waals surface area contributed by atoms with Crippen LogP contribution in [0.4, 0.5) is 0 Å². The number of likely N-dealkylation sites (tertiary alicyclic amines) is 1. The Labute approximate surface area is 229 Å². The van der Waals surface area contributed by atoms with Crippen molar-refractivity contribution in [1.29, 1.82) is 0 Å². The number of aromatic nitrogens is 1. The molecule has 2 aromatic carbocycles. The quantitative estimate of drug-likeness (QED) is 0.417. The molecular weight excluding hydrogens is 537 g/mol. The van der Waals surface area contributed by atoms with Crippen molar-refractivity contribution in [2.75, 3.05) is 26.3 Å². The summed E-state index contributed by atoms with van der Waals surface area (Å²) in [5.41, 5.74) is 1.09. The van der Waals surface area contributed by atoms with Crippen molar-refractivity contribution in [3.05, 3.63) is 87.0 Å². The minimum absolute atomic E-state index is 0.0982. The maximum Gasteiger partial charge on any atom is 0.253 e. The second-order valence-corrected chi connectivity index (χ2v) is 10.6. The van der Waals surface area contributed by atoms with Gasteiger partial charge in [0.2, 0.25) is 11.8 Å². The van der Waals surface area contributed by atoms with E-state index in [1.165, 1.54) is 6.20 Å². The number of benzene rings is 2. The Morgan fingerprint density at radius 3 is 2.49 bits per heavy atom. The van der Waals surface area contributed by atoms with E-state index in [0.717, 1.165) is 5.56 Å². The first kappa shape index (κ1) is 25.8. The number of halogens is 3. The second kappa shape index (κ2) is 10.9. The summed E-state index contributed by atoms with van der Waals surface area (Å²) in [4.78, 5) is 31.9. The first-order chi connectivity index (χ1) is 17.8. The highest BCUT2D eigenvalue weighted by Crippen LogP contribution is 2.38. The monoisotopic (exact) mass is 559 g/mol. The number of nitrogens with one attached hydrogen (secondary N) is 1. The number of hydrogen-bond acceptors (Lipinski definition) is 5. The van der Waals surface area contributed by atoms with E-state index in [9.17, 15) is 9.59 Å². The van der Waals surface area contributed by atoms with Crippen molar-refractivity contribution >= 4 is 46.6 Å². The lowest BCUT2D eigenvalue weighted by molar-refractivity contribution is -0.132. The molecule has 2 saturated heterocycles. The van der Waals surface area contributed by atoms with E-state index in [2.05, 4.69) is 10.3 Å². The van der Waals surface area contributed by atoms with Gasteiger partial charge in [0, 0.05) is 47.4 Å². The largest absolute Gasteiger partial charge is 0.439 e. The van der Waals surface area contributed by atoms with Crippen LogP contribution in [0.1, 0.15) is 22.3 Å². The van der Waals surface area contributed by atoms with Crippen LogP contribution in [-0.4, -0.2) is 54.0 Å². The molecule has 3 heterocycles. The fourth-order valence-electron chi connectivity index (χ4n) is 4.62. The Morgan fingerprint density at radius 1 is 1.05 bits per heavy atom. The van der Waals surface area contributed by atoms with Gasteiger partial charge in [-0.15, -0.1) is 0 Å². The summed E-state index contributed by atoms with van der Waals surface area (Å²) in [5.74, 6) is 0.761. The molecular formula is C27H24Cl3N3O4. The molecule has 2 fully saturated rings. The first-order valence-corrected chi connectivity index (χ1v) is 12.9. The summed E-state index contributed by atoms with van der Waals surface area (Å²) in [5, 5.41) is 4.81. The summed E-state index contributed by atoms with van der Waals surface area (Å²) in [7, 11) is 0. The highest BCUT2D eigenvalue weighted by atomic mass is 35.5. The van der Waals surface area contributed by atoms with E-state index in [0.29, 0.717) is 65.0 Å². The van der Waals surface area contributed by atoms with Crippen LogP contribution in [0, 0.1) is 5.41 Å². The van der Waals surface area contributed by atoms with Crippen LogP contribution in [0.15, 0.2) is 60.8 Å². The smallest absolute Gasteiger partial charge is 0.253 e. The van der Waals surface area contributed by atoms with E-state index in [1.807, 2.05) is 0 Å². The van der Waals surface area contributed by atoms with Crippen molar-refractivity contribution < 1.29 is 19.1 Å². The van der Waals surface area contributed by atoms with Crippen LogP contribution < -0.4 is 10.1 Å². The Morgan fingerprint density at radius 2 is 1.81 bits per heavy atom. The number of amides is 2. The third kappa shape index (κ3) is 5.85. The van der Waals surface area contributed by atoms with Crippen molar-refractivity contribution in [1.82, 2.24) is 15.2 Å². The number of hydrogen-bond donors (Lipinski definition) is 1. The van der Waals surface area contributed by atoms with Crippen LogP contribution >= 0.6 is 34.8 Å². The highest BCUT2D eigenvalue weighted by Gasteiger charge is 2.53. The van der Waals surface area contributed by atoms with Gasteiger partial charge < -0.3 is 19.7 Å². The third-order valence-electron chi connectivity index (χ3n) is 6.70. The molecule has 1 N–H and O–H groups in total. The fourth-order valence-corrected chi connectivity index (χ4v) is 5.14. The van der Waals surface area contributed by atoms with E-state index in [4.69, 9.17) is 44.3 Å². The van der Waals surface area contributed by atoms with E-state index >= 15 is 0 Å². The molecule has 2 amide bonds. The Balaban J connectivity index is 1.19. The van der Waals surface area contributed by atoms with Crippen LogP contribution in [-0.2, 0) is 16.0 Å². The summed E-state index contributed by atoms with van der Waals surface area (Å²) >= 11 is 18.1. The van der Waals surface area contributed by atoms with Gasteiger partial charge in [0.15, 0.2) is 0 Å². The predicted molar refractivity (Wildman–Crippen MR) is 142 cm³/mol. The SMILES string of the molecule is O=C(CCc1cc(Cl)ccc1Cl)NC1CN(C(=O)c2ccc(Oc3ccc(Cl)cn3)cc2)CC12COC2. The molecule has 0 radical (unpaired) electrons. The van der Waals surface area contributed by atoms with Gasteiger partial charge in [-0.05, 0) is 60.5 Å².